The van der Waals surface area contributed by atoms with Gasteiger partial charge in [0.05, 0.1) is 19.8 Å². The molecule has 0 aliphatic heterocycles. The van der Waals surface area contributed by atoms with Crippen LogP contribution in [0.2, 0.25) is 0 Å². The van der Waals surface area contributed by atoms with Crippen LogP contribution in [-0.2, 0) is 6.42 Å². The van der Waals surface area contributed by atoms with Gasteiger partial charge in [-0.2, -0.15) is 0 Å². The van der Waals surface area contributed by atoms with Crippen LogP contribution in [0, 0.1) is 0 Å². The average Bonchev–Trinajstić information content (AvgIpc) is 2.78. The molecule has 0 spiro atoms. The zero-order valence-electron chi connectivity index (χ0n) is 18.7. The van der Waals surface area contributed by atoms with E-state index in [1.54, 1.807) is 6.08 Å². The monoisotopic (exact) mass is 410 g/mol. The van der Waals surface area contributed by atoms with Crippen LogP contribution in [0.3, 0.4) is 0 Å². The van der Waals surface area contributed by atoms with Gasteiger partial charge in [-0.25, -0.2) is 0 Å². The van der Waals surface area contributed by atoms with E-state index in [0.29, 0.717) is 36.9 Å². The molecule has 0 unspecified atom stereocenters. The van der Waals surface area contributed by atoms with Crippen molar-refractivity contribution < 1.29 is 19.0 Å². The number of allylic oxidation sites excluding steroid dienone is 1. The van der Waals surface area contributed by atoms with Crippen molar-refractivity contribution in [2.75, 3.05) is 19.8 Å². The number of hydrogen-bond donors (Lipinski definition) is 0. The molecule has 0 saturated heterocycles. The molecule has 0 aliphatic rings. The Kier molecular flexibility index (Phi) is 9.99. The fourth-order valence-electron chi connectivity index (χ4n) is 2.96. The fourth-order valence-corrected chi connectivity index (χ4v) is 2.96. The summed E-state index contributed by atoms with van der Waals surface area (Å²) in [7, 11) is 0. The van der Waals surface area contributed by atoms with E-state index in [-0.39, 0.29) is 5.78 Å². The zero-order chi connectivity index (χ0) is 21.8. The third-order valence-electron chi connectivity index (χ3n) is 4.52. The summed E-state index contributed by atoms with van der Waals surface area (Å²) < 4.78 is 17.5. The summed E-state index contributed by atoms with van der Waals surface area (Å²) >= 11 is 0. The maximum atomic E-state index is 13.2. The van der Waals surface area contributed by atoms with E-state index in [0.717, 1.165) is 37.0 Å². The first-order valence-electron chi connectivity index (χ1n) is 11.0. The molecule has 0 fully saturated rings. The molecule has 162 valence electrons. The molecule has 0 aliphatic carbocycles. The third-order valence-corrected chi connectivity index (χ3v) is 4.52. The molecule has 0 heterocycles. The lowest BCUT2D eigenvalue weighted by atomic mass is 10.0. The summed E-state index contributed by atoms with van der Waals surface area (Å²) in [6, 6.07) is 11.6. The van der Waals surface area contributed by atoms with E-state index >= 15 is 0 Å². The highest BCUT2D eigenvalue weighted by molar-refractivity contribution is 6.10. The summed E-state index contributed by atoms with van der Waals surface area (Å²) in [6.07, 6.45) is 6.99. The largest absolute Gasteiger partial charge is 0.493 e. The molecule has 2 rings (SSSR count). The predicted octanol–water partition coefficient (Wildman–Crippen LogP) is 6.51. The SMILES string of the molecule is CCCOc1ccc(CC)cc1/C=C\C(=O)c1c(OCCC)cccc1OCCC. The number of aryl methyl sites for hydroxylation is 1. The lowest BCUT2D eigenvalue weighted by molar-refractivity contribution is 0.103. The Hall–Kier alpha value is -2.75. The minimum absolute atomic E-state index is 0.142. The summed E-state index contributed by atoms with van der Waals surface area (Å²) in [5.74, 6) is 1.77. The van der Waals surface area contributed by atoms with Crippen LogP contribution in [0.1, 0.15) is 68.4 Å². The molecule has 0 aromatic heterocycles. The smallest absolute Gasteiger partial charge is 0.193 e. The topological polar surface area (TPSA) is 44.8 Å². The standard InChI is InChI=1S/C26H34O4/c1-5-16-28-23-15-12-20(8-4)19-21(23)13-14-22(27)26-24(29-17-6-2)10-9-11-25(26)30-18-7-3/h9-15,19H,5-8,16-18H2,1-4H3/b14-13-. The van der Waals surface area contributed by atoms with Crippen molar-refractivity contribution in [3.63, 3.8) is 0 Å². The van der Waals surface area contributed by atoms with Gasteiger partial charge in [-0.05, 0) is 67.7 Å². The summed E-state index contributed by atoms with van der Waals surface area (Å²) in [6.45, 7) is 10.0. The second-order valence-electron chi connectivity index (χ2n) is 7.10. The maximum Gasteiger partial charge on any atom is 0.193 e. The van der Waals surface area contributed by atoms with Crippen LogP contribution in [0.4, 0.5) is 0 Å². The van der Waals surface area contributed by atoms with Crippen LogP contribution in [0.5, 0.6) is 17.2 Å². The third kappa shape index (κ3) is 6.65. The summed E-state index contributed by atoms with van der Waals surface area (Å²) in [5, 5.41) is 0. The normalized spacial score (nSPS) is 10.9. The lowest BCUT2D eigenvalue weighted by Gasteiger charge is -2.14. The Balaban J connectivity index is 2.37. The highest BCUT2D eigenvalue weighted by Gasteiger charge is 2.17. The molecule has 0 radical (unpaired) electrons. The van der Waals surface area contributed by atoms with E-state index in [4.69, 9.17) is 14.2 Å². The van der Waals surface area contributed by atoms with Crippen molar-refractivity contribution >= 4 is 11.9 Å². The van der Waals surface area contributed by atoms with Crippen molar-refractivity contribution in [3.05, 3.63) is 59.2 Å². The van der Waals surface area contributed by atoms with Gasteiger partial charge >= 0.3 is 0 Å². The molecular formula is C26H34O4. The first kappa shape index (κ1) is 23.5. The number of ether oxygens (including phenoxy) is 3. The van der Waals surface area contributed by atoms with E-state index in [1.807, 2.05) is 44.2 Å². The molecule has 4 heteroatoms. The molecule has 0 atom stereocenters. The van der Waals surface area contributed by atoms with Crippen molar-refractivity contribution in [1.82, 2.24) is 0 Å². The molecular weight excluding hydrogens is 376 g/mol. The van der Waals surface area contributed by atoms with Crippen molar-refractivity contribution in [3.8, 4) is 17.2 Å². The van der Waals surface area contributed by atoms with E-state index in [1.165, 1.54) is 5.56 Å². The van der Waals surface area contributed by atoms with Gasteiger partial charge in [0.1, 0.15) is 22.8 Å². The molecule has 2 aromatic carbocycles. The first-order chi connectivity index (χ1) is 14.6. The highest BCUT2D eigenvalue weighted by Crippen LogP contribution is 2.31. The second-order valence-corrected chi connectivity index (χ2v) is 7.10. The number of carbonyl (C=O) groups is 1. The lowest BCUT2D eigenvalue weighted by Crippen LogP contribution is -2.07. The van der Waals surface area contributed by atoms with Gasteiger partial charge in [0.15, 0.2) is 5.78 Å². The Bertz CT molecular complexity index is 813. The molecule has 4 nitrogen and oxygen atoms in total. The fraction of sp³-hybridized carbons (Fsp3) is 0.423. The van der Waals surface area contributed by atoms with Gasteiger partial charge in [-0.3, -0.25) is 4.79 Å². The Labute approximate surface area is 180 Å². The molecule has 2 aromatic rings. The van der Waals surface area contributed by atoms with Gasteiger partial charge < -0.3 is 14.2 Å². The number of rotatable bonds is 13. The van der Waals surface area contributed by atoms with Gasteiger partial charge in [0, 0.05) is 5.56 Å². The number of ketones is 1. The Morgan fingerprint density at radius 2 is 1.37 bits per heavy atom. The van der Waals surface area contributed by atoms with E-state index in [9.17, 15) is 4.79 Å². The van der Waals surface area contributed by atoms with Crippen molar-refractivity contribution in [2.24, 2.45) is 0 Å². The molecule has 0 bridgehead atoms. The van der Waals surface area contributed by atoms with Crippen LogP contribution in [-0.4, -0.2) is 25.6 Å². The van der Waals surface area contributed by atoms with E-state index in [2.05, 4.69) is 26.0 Å². The van der Waals surface area contributed by atoms with Crippen LogP contribution in [0.15, 0.2) is 42.5 Å². The number of benzene rings is 2. The minimum atomic E-state index is -0.142. The summed E-state index contributed by atoms with van der Waals surface area (Å²) in [5.41, 5.74) is 2.57. The number of hydrogen-bond acceptors (Lipinski definition) is 4. The second kappa shape index (κ2) is 12.7. The molecule has 30 heavy (non-hydrogen) atoms. The van der Waals surface area contributed by atoms with Crippen molar-refractivity contribution in [1.29, 1.82) is 0 Å². The van der Waals surface area contributed by atoms with Crippen LogP contribution >= 0.6 is 0 Å². The number of carbonyl (C=O) groups excluding carboxylic acids is 1. The van der Waals surface area contributed by atoms with Gasteiger partial charge in [0.2, 0.25) is 0 Å². The van der Waals surface area contributed by atoms with Gasteiger partial charge in [0.25, 0.3) is 0 Å². The highest BCUT2D eigenvalue weighted by atomic mass is 16.5. The Morgan fingerprint density at radius 1 is 0.800 bits per heavy atom. The molecule has 0 N–H and O–H groups in total. The summed E-state index contributed by atoms with van der Waals surface area (Å²) in [4.78, 5) is 13.2. The van der Waals surface area contributed by atoms with Gasteiger partial charge in [-0.1, -0.05) is 39.8 Å². The van der Waals surface area contributed by atoms with E-state index < -0.39 is 0 Å². The first-order valence-corrected chi connectivity index (χ1v) is 11.0. The minimum Gasteiger partial charge on any atom is -0.493 e. The average molecular weight is 411 g/mol. The maximum absolute atomic E-state index is 13.2. The van der Waals surface area contributed by atoms with Crippen molar-refractivity contribution in [2.45, 2.75) is 53.4 Å². The zero-order valence-corrected chi connectivity index (χ0v) is 18.7. The quantitative estimate of drug-likeness (QED) is 0.279. The molecule has 0 saturated carbocycles. The van der Waals surface area contributed by atoms with Crippen LogP contribution in [0.25, 0.3) is 6.08 Å². The molecule has 0 amide bonds. The predicted molar refractivity (Wildman–Crippen MR) is 123 cm³/mol. The van der Waals surface area contributed by atoms with Crippen LogP contribution < -0.4 is 14.2 Å². The Morgan fingerprint density at radius 3 is 1.90 bits per heavy atom. The van der Waals surface area contributed by atoms with Gasteiger partial charge in [-0.15, -0.1) is 0 Å².